The zero-order chi connectivity index (χ0) is 12.6. The molecule has 1 aromatic carbocycles. The van der Waals surface area contributed by atoms with Gasteiger partial charge in [-0.25, -0.2) is 0 Å². The lowest BCUT2D eigenvalue weighted by molar-refractivity contribution is 0.0810. The Morgan fingerprint density at radius 3 is 2.53 bits per heavy atom. The SMILES string of the molecule is CC(C)n1ccc2cc(CC(C)(C)O)ccc21. The summed E-state index contributed by atoms with van der Waals surface area (Å²) in [5.74, 6) is 0. The molecule has 2 rings (SSSR count). The maximum Gasteiger partial charge on any atom is 0.0631 e. The van der Waals surface area contributed by atoms with Crippen molar-refractivity contribution in [1.29, 1.82) is 0 Å². The highest BCUT2D eigenvalue weighted by Crippen LogP contribution is 2.23. The van der Waals surface area contributed by atoms with Crippen LogP contribution in [0.2, 0.25) is 0 Å². The first kappa shape index (κ1) is 12.2. The van der Waals surface area contributed by atoms with E-state index in [0.717, 1.165) is 0 Å². The van der Waals surface area contributed by atoms with Crippen molar-refractivity contribution < 1.29 is 5.11 Å². The summed E-state index contributed by atoms with van der Waals surface area (Å²) >= 11 is 0. The van der Waals surface area contributed by atoms with Gasteiger partial charge in [0, 0.05) is 24.2 Å². The number of rotatable bonds is 3. The minimum Gasteiger partial charge on any atom is -0.390 e. The lowest BCUT2D eigenvalue weighted by Crippen LogP contribution is -2.21. The zero-order valence-electron chi connectivity index (χ0n) is 11.1. The average molecular weight is 231 g/mol. The third-order valence-electron chi connectivity index (χ3n) is 2.98. The fourth-order valence-corrected chi connectivity index (χ4v) is 2.27. The van der Waals surface area contributed by atoms with Crippen LogP contribution in [0.25, 0.3) is 10.9 Å². The summed E-state index contributed by atoms with van der Waals surface area (Å²) in [5.41, 5.74) is 1.81. The van der Waals surface area contributed by atoms with E-state index in [4.69, 9.17) is 0 Å². The Kier molecular flexibility index (Phi) is 3.00. The van der Waals surface area contributed by atoms with E-state index in [2.05, 4.69) is 48.9 Å². The Balaban J connectivity index is 2.39. The molecule has 0 saturated heterocycles. The molecule has 0 amide bonds. The van der Waals surface area contributed by atoms with Crippen LogP contribution >= 0.6 is 0 Å². The molecule has 1 aromatic heterocycles. The smallest absolute Gasteiger partial charge is 0.0631 e. The van der Waals surface area contributed by atoms with E-state index in [9.17, 15) is 5.11 Å². The predicted molar refractivity (Wildman–Crippen MR) is 72.3 cm³/mol. The normalized spacial score (nSPS) is 12.6. The highest BCUT2D eigenvalue weighted by Gasteiger charge is 2.14. The number of hydrogen-bond donors (Lipinski definition) is 1. The van der Waals surface area contributed by atoms with Crippen molar-refractivity contribution in [3.63, 3.8) is 0 Å². The Hall–Kier alpha value is -1.28. The van der Waals surface area contributed by atoms with Gasteiger partial charge in [0.2, 0.25) is 0 Å². The molecule has 0 aliphatic rings. The second kappa shape index (κ2) is 4.19. The van der Waals surface area contributed by atoms with E-state index in [1.54, 1.807) is 0 Å². The second-order valence-corrected chi connectivity index (χ2v) is 5.70. The monoisotopic (exact) mass is 231 g/mol. The van der Waals surface area contributed by atoms with Gasteiger partial charge in [-0.1, -0.05) is 6.07 Å². The molecular formula is C15H21NO. The molecule has 0 atom stereocenters. The molecule has 2 heteroatoms. The van der Waals surface area contributed by atoms with Gasteiger partial charge in [0.1, 0.15) is 0 Å². The lowest BCUT2D eigenvalue weighted by atomic mass is 9.98. The van der Waals surface area contributed by atoms with Crippen molar-refractivity contribution in [2.24, 2.45) is 0 Å². The maximum absolute atomic E-state index is 9.83. The van der Waals surface area contributed by atoms with E-state index in [1.807, 2.05) is 13.8 Å². The van der Waals surface area contributed by atoms with Gasteiger partial charge in [0.05, 0.1) is 5.60 Å². The molecule has 0 aliphatic heterocycles. The van der Waals surface area contributed by atoms with Crippen LogP contribution in [0.4, 0.5) is 0 Å². The van der Waals surface area contributed by atoms with Crippen molar-refractivity contribution in [2.75, 3.05) is 0 Å². The Morgan fingerprint density at radius 1 is 1.24 bits per heavy atom. The van der Waals surface area contributed by atoms with E-state index in [0.29, 0.717) is 12.5 Å². The quantitative estimate of drug-likeness (QED) is 0.858. The van der Waals surface area contributed by atoms with Crippen molar-refractivity contribution in [2.45, 2.75) is 45.8 Å². The summed E-state index contributed by atoms with van der Waals surface area (Å²) in [7, 11) is 0. The van der Waals surface area contributed by atoms with Gasteiger partial charge in [0.25, 0.3) is 0 Å². The molecule has 0 unspecified atom stereocenters. The number of hydrogen-bond acceptors (Lipinski definition) is 1. The largest absolute Gasteiger partial charge is 0.390 e. The Labute approximate surface area is 103 Å². The number of nitrogens with zero attached hydrogens (tertiary/aromatic N) is 1. The first-order chi connectivity index (χ1) is 7.87. The van der Waals surface area contributed by atoms with E-state index < -0.39 is 5.60 Å². The first-order valence-electron chi connectivity index (χ1n) is 6.19. The minimum absolute atomic E-state index is 0.479. The van der Waals surface area contributed by atoms with E-state index in [1.165, 1.54) is 16.5 Å². The average Bonchev–Trinajstić information content (AvgIpc) is 2.57. The Bertz CT molecular complexity index is 517. The van der Waals surface area contributed by atoms with Gasteiger partial charge in [-0.05, 0) is 56.8 Å². The zero-order valence-corrected chi connectivity index (χ0v) is 11.1. The molecule has 17 heavy (non-hydrogen) atoms. The molecular weight excluding hydrogens is 210 g/mol. The number of aliphatic hydroxyl groups is 1. The summed E-state index contributed by atoms with van der Waals surface area (Å²) in [5, 5.41) is 11.1. The van der Waals surface area contributed by atoms with Crippen LogP contribution in [0.5, 0.6) is 0 Å². The van der Waals surface area contributed by atoms with Crippen molar-refractivity contribution in [1.82, 2.24) is 4.57 Å². The topological polar surface area (TPSA) is 25.2 Å². The van der Waals surface area contributed by atoms with Gasteiger partial charge in [0.15, 0.2) is 0 Å². The summed E-state index contributed by atoms with van der Waals surface area (Å²) in [6.07, 6.45) is 2.82. The second-order valence-electron chi connectivity index (χ2n) is 5.70. The maximum atomic E-state index is 9.83. The summed E-state index contributed by atoms with van der Waals surface area (Å²) in [4.78, 5) is 0. The highest BCUT2D eigenvalue weighted by atomic mass is 16.3. The number of aromatic nitrogens is 1. The minimum atomic E-state index is -0.645. The molecule has 1 N–H and O–H groups in total. The molecule has 0 saturated carbocycles. The highest BCUT2D eigenvalue weighted by molar-refractivity contribution is 5.81. The molecule has 2 nitrogen and oxygen atoms in total. The molecule has 0 radical (unpaired) electrons. The van der Waals surface area contributed by atoms with Gasteiger partial charge in [-0.15, -0.1) is 0 Å². The van der Waals surface area contributed by atoms with E-state index in [-0.39, 0.29) is 0 Å². The third-order valence-corrected chi connectivity index (χ3v) is 2.98. The summed E-state index contributed by atoms with van der Waals surface area (Å²) in [6, 6.07) is 9.05. The molecule has 2 aromatic rings. The van der Waals surface area contributed by atoms with Crippen LogP contribution in [0.1, 0.15) is 39.3 Å². The van der Waals surface area contributed by atoms with Crippen LogP contribution in [-0.2, 0) is 6.42 Å². The fraction of sp³-hybridized carbons (Fsp3) is 0.467. The molecule has 0 spiro atoms. The molecule has 1 heterocycles. The van der Waals surface area contributed by atoms with Crippen LogP contribution < -0.4 is 0 Å². The number of benzene rings is 1. The summed E-state index contributed by atoms with van der Waals surface area (Å²) in [6.45, 7) is 8.06. The third kappa shape index (κ3) is 2.70. The molecule has 92 valence electrons. The van der Waals surface area contributed by atoms with Crippen LogP contribution in [-0.4, -0.2) is 15.3 Å². The van der Waals surface area contributed by atoms with Crippen molar-refractivity contribution >= 4 is 10.9 Å². The fourth-order valence-electron chi connectivity index (χ4n) is 2.27. The summed E-state index contributed by atoms with van der Waals surface area (Å²) < 4.78 is 2.27. The van der Waals surface area contributed by atoms with Gasteiger partial charge in [-0.2, -0.15) is 0 Å². The molecule has 0 fully saturated rings. The standard InChI is InChI=1S/C15H21NO/c1-11(2)16-8-7-13-9-12(5-6-14(13)16)10-15(3,4)17/h5-9,11,17H,10H2,1-4H3. The lowest BCUT2D eigenvalue weighted by Gasteiger charge is -2.17. The van der Waals surface area contributed by atoms with Crippen LogP contribution in [0.3, 0.4) is 0 Å². The van der Waals surface area contributed by atoms with Gasteiger partial charge >= 0.3 is 0 Å². The molecule has 0 bridgehead atoms. The van der Waals surface area contributed by atoms with E-state index >= 15 is 0 Å². The first-order valence-corrected chi connectivity index (χ1v) is 6.19. The van der Waals surface area contributed by atoms with Crippen molar-refractivity contribution in [3.8, 4) is 0 Å². The predicted octanol–water partition coefficient (Wildman–Crippen LogP) is 3.54. The number of fused-ring (bicyclic) bond motifs is 1. The van der Waals surface area contributed by atoms with Crippen LogP contribution in [0, 0.1) is 0 Å². The Morgan fingerprint density at radius 2 is 1.94 bits per heavy atom. The van der Waals surface area contributed by atoms with Gasteiger partial charge in [-0.3, -0.25) is 0 Å². The van der Waals surface area contributed by atoms with Crippen molar-refractivity contribution in [3.05, 3.63) is 36.0 Å². The van der Waals surface area contributed by atoms with Gasteiger partial charge < -0.3 is 9.67 Å². The van der Waals surface area contributed by atoms with Crippen LogP contribution in [0.15, 0.2) is 30.5 Å². The molecule has 0 aliphatic carbocycles.